The van der Waals surface area contributed by atoms with Crippen LogP contribution < -0.4 is 8.92 Å². The number of ketones is 2. The summed E-state index contributed by atoms with van der Waals surface area (Å²) in [5.41, 5.74) is 1.67. The van der Waals surface area contributed by atoms with Crippen molar-refractivity contribution in [2.75, 3.05) is 13.2 Å². The van der Waals surface area contributed by atoms with Gasteiger partial charge in [-0.05, 0) is 88.5 Å². The minimum atomic E-state index is -4.29. The highest BCUT2D eigenvalue weighted by molar-refractivity contribution is 9.10. The lowest BCUT2D eigenvalue weighted by Crippen LogP contribution is -2.45. The van der Waals surface area contributed by atoms with Gasteiger partial charge in [-0.2, -0.15) is 8.42 Å². The maximum absolute atomic E-state index is 14.0. The second-order valence-corrected chi connectivity index (χ2v) is 16.1. The molecule has 0 fully saturated rings. The number of hydrogen-bond acceptors (Lipinski definition) is 8. The second kappa shape index (κ2) is 11.9. The molecule has 1 aliphatic heterocycles. The molecule has 0 radical (unpaired) electrons. The molecular weight excluding hydrogens is 686 g/mol. The van der Waals surface area contributed by atoms with E-state index in [-0.39, 0.29) is 58.4 Å². The van der Waals surface area contributed by atoms with Gasteiger partial charge in [0, 0.05) is 46.3 Å². The van der Waals surface area contributed by atoms with E-state index >= 15 is 0 Å². The summed E-state index contributed by atoms with van der Waals surface area (Å²) in [6, 6.07) is 8.80. The van der Waals surface area contributed by atoms with Gasteiger partial charge in [-0.1, -0.05) is 39.3 Å². The molecule has 0 aromatic heterocycles. The maximum Gasteiger partial charge on any atom is 0.339 e. The molecule has 45 heavy (non-hydrogen) atoms. The molecule has 9 nitrogen and oxygen atoms in total. The molecule has 2 aromatic rings. The van der Waals surface area contributed by atoms with Crippen molar-refractivity contribution in [2.24, 2.45) is 10.8 Å². The van der Waals surface area contributed by atoms with E-state index in [4.69, 9.17) is 20.5 Å². The Morgan fingerprint density at radius 2 is 1.51 bits per heavy atom. The first kappa shape index (κ1) is 33.2. The van der Waals surface area contributed by atoms with Crippen LogP contribution in [0.3, 0.4) is 0 Å². The standard InChI is InChI=1S/C33H35BrClNO8S/c1-6-43-26-12-18(11-21(34)31(26)44-45(41,42)20-9-7-19(35)8-10-20)28-29-22(13-32(2,3)15-24(29)37)36(17-27(39)40)23-14-33(4,5)16-25(38)30(23)28/h7-12,28H,6,13-17H2,1-5H3,(H,39,40). The Morgan fingerprint density at radius 3 is 2.00 bits per heavy atom. The summed E-state index contributed by atoms with van der Waals surface area (Å²) in [4.78, 5) is 41.7. The van der Waals surface area contributed by atoms with E-state index < -0.39 is 32.8 Å². The Hall–Kier alpha value is -3.15. The first-order valence-electron chi connectivity index (χ1n) is 14.6. The van der Waals surface area contributed by atoms with Crippen molar-refractivity contribution in [1.29, 1.82) is 0 Å². The first-order chi connectivity index (χ1) is 20.9. The maximum atomic E-state index is 14.0. The summed E-state index contributed by atoms with van der Waals surface area (Å²) < 4.78 is 38.1. The Kier molecular flexibility index (Phi) is 8.78. The van der Waals surface area contributed by atoms with Gasteiger partial charge in [0.2, 0.25) is 0 Å². The molecule has 2 aromatic carbocycles. The summed E-state index contributed by atoms with van der Waals surface area (Å²) in [6.45, 7) is 9.42. The highest BCUT2D eigenvalue weighted by atomic mass is 79.9. The zero-order chi connectivity index (χ0) is 33.1. The Labute approximate surface area is 276 Å². The van der Waals surface area contributed by atoms with E-state index in [2.05, 4.69) is 15.9 Å². The van der Waals surface area contributed by atoms with Crippen LogP contribution in [0.25, 0.3) is 0 Å². The molecule has 0 spiro atoms. The molecule has 1 N–H and O–H groups in total. The summed E-state index contributed by atoms with van der Waals surface area (Å²) in [7, 11) is -4.29. The Bertz CT molecular complexity index is 1720. The van der Waals surface area contributed by atoms with Gasteiger partial charge in [0.05, 0.1) is 11.1 Å². The number of carboxylic acids is 1. The molecule has 2 aliphatic carbocycles. The van der Waals surface area contributed by atoms with Crippen molar-refractivity contribution in [3.63, 3.8) is 0 Å². The minimum Gasteiger partial charge on any atom is -0.490 e. The van der Waals surface area contributed by atoms with Gasteiger partial charge in [0.1, 0.15) is 11.4 Å². The Balaban J connectivity index is 1.72. The van der Waals surface area contributed by atoms with Crippen LogP contribution in [-0.2, 0) is 24.5 Å². The number of carboxylic acid groups (broad SMARTS) is 1. The number of halogens is 2. The summed E-state index contributed by atoms with van der Waals surface area (Å²) in [5, 5.41) is 10.3. The number of benzene rings is 2. The fourth-order valence-corrected chi connectivity index (χ4v) is 8.30. The fraction of sp³-hybridized carbons (Fsp3) is 0.424. The van der Waals surface area contributed by atoms with E-state index in [0.29, 0.717) is 46.0 Å². The molecular formula is C33H35BrClNO8S. The van der Waals surface area contributed by atoms with Crippen molar-refractivity contribution >= 4 is 55.2 Å². The van der Waals surface area contributed by atoms with Crippen molar-refractivity contribution in [1.82, 2.24) is 4.90 Å². The number of nitrogens with zero attached hydrogens (tertiary/aromatic N) is 1. The van der Waals surface area contributed by atoms with Crippen LogP contribution in [0.15, 0.2) is 68.3 Å². The van der Waals surface area contributed by atoms with Gasteiger partial charge in [0.15, 0.2) is 23.1 Å². The van der Waals surface area contributed by atoms with Crippen LogP contribution in [0.4, 0.5) is 0 Å². The average Bonchev–Trinajstić information content (AvgIpc) is 2.90. The zero-order valence-electron chi connectivity index (χ0n) is 25.7. The fourth-order valence-electron chi connectivity index (χ4n) is 6.56. The molecule has 5 rings (SSSR count). The Morgan fingerprint density at radius 1 is 0.978 bits per heavy atom. The van der Waals surface area contributed by atoms with Crippen molar-refractivity contribution in [3.05, 3.63) is 74.0 Å². The van der Waals surface area contributed by atoms with Gasteiger partial charge in [0.25, 0.3) is 0 Å². The van der Waals surface area contributed by atoms with Gasteiger partial charge in [-0.15, -0.1) is 0 Å². The first-order valence-corrected chi connectivity index (χ1v) is 17.2. The summed E-state index contributed by atoms with van der Waals surface area (Å²) in [6.07, 6.45) is 1.35. The van der Waals surface area contributed by atoms with Crippen LogP contribution in [0.2, 0.25) is 5.02 Å². The lowest BCUT2D eigenvalue weighted by Gasteiger charge is -2.48. The predicted octanol–water partition coefficient (Wildman–Crippen LogP) is 7.04. The average molecular weight is 721 g/mol. The van der Waals surface area contributed by atoms with Gasteiger partial charge < -0.3 is 18.9 Å². The second-order valence-electron chi connectivity index (χ2n) is 13.3. The molecule has 0 bridgehead atoms. The number of Topliss-reactive ketones (excluding diaryl/α,β-unsaturated/α-hetero) is 2. The number of rotatable bonds is 8. The molecule has 240 valence electrons. The van der Waals surface area contributed by atoms with Crippen molar-refractivity contribution in [3.8, 4) is 11.5 Å². The number of aliphatic carboxylic acids is 1. The predicted molar refractivity (Wildman–Crippen MR) is 172 cm³/mol. The van der Waals surface area contributed by atoms with E-state index in [1.54, 1.807) is 24.0 Å². The molecule has 0 saturated heterocycles. The quantitative estimate of drug-likeness (QED) is 0.286. The van der Waals surface area contributed by atoms with E-state index in [0.717, 1.165) is 0 Å². The molecule has 0 unspecified atom stereocenters. The smallest absolute Gasteiger partial charge is 0.339 e. The molecule has 1 heterocycles. The highest BCUT2D eigenvalue weighted by Crippen LogP contribution is 2.55. The number of allylic oxidation sites excluding steroid dienone is 4. The van der Waals surface area contributed by atoms with Crippen LogP contribution in [0.1, 0.15) is 71.8 Å². The highest BCUT2D eigenvalue weighted by Gasteiger charge is 2.49. The normalized spacial score (nSPS) is 19.8. The minimum absolute atomic E-state index is 0.0884. The number of hydrogen-bond donors (Lipinski definition) is 1. The largest absolute Gasteiger partial charge is 0.490 e. The van der Waals surface area contributed by atoms with Crippen LogP contribution in [-0.4, -0.2) is 49.1 Å². The molecule has 0 amide bonds. The topological polar surface area (TPSA) is 127 Å². The van der Waals surface area contributed by atoms with Crippen LogP contribution in [0.5, 0.6) is 11.5 Å². The molecule has 12 heteroatoms. The van der Waals surface area contributed by atoms with Crippen LogP contribution >= 0.6 is 27.5 Å². The summed E-state index contributed by atoms with van der Waals surface area (Å²) >= 11 is 9.41. The zero-order valence-corrected chi connectivity index (χ0v) is 28.9. The molecule has 3 aliphatic rings. The van der Waals surface area contributed by atoms with Crippen molar-refractivity contribution < 1.29 is 36.8 Å². The van der Waals surface area contributed by atoms with E-state index in [1.807, 2.05) is 27.7 Å². The SMILES string of the molecule is CCOc1cc(C2C3=C(CC(C)(C)CC3=O)N(CC(=O)O)C3=C2C(=O)CC(C)(C)C3)cc(Br)c1OS(=O)(=O)c1ccc(Cl)cc1. The number of ether oxygens (including phenoxy) is 1. The lowest BCUT2D eigenvalue weighted by atomic mass is 9.63. The van der Waals surface area contributed by atoms with Gasteiger partial charge in [-0.3, -0.25) is 14.4 Å². The monoisotopic (exact) mass is 719 g/mol. The third-order valence-corrected chi connectivity index (χ3v) is 10.4. The lowest BCUT2D eigenvalue weighted by molar-refractivity contribution is -0.138. The number of carbonyl (C=O) groups is 3. The third kappa shape index (κ3) is 6.57. The number of carbonyl (C=O) groups excluding carboxylic acids is 2. The van der Waals surface area contributed by atoms with Gasteiger partial charge >= 0.3 is 16.1 Å². The van der Waals surface area contributed by atoms with E-state index in [1.165, 1.54) is 24.3 Å². The van der Waals surface area contributed by atoms with Gasteiger partial charge in [-0.25, -0.2) is 0 Å². The molecule has 0 atom stereocenters. The van der Waals surface area contributed by atoms with Crippen molar-refractivity contribution in [2.45, 2.75) is 71.1 Å². The third-order valence-electron chi connectivity index (χ3n) is 8.28. The van der Waals surface area contributed by atoms with E-state index in [9.17, 15) is 27.9 Å². The molecule has 0 saturated carbocycles. The van der Waals surface area contributed by atoms with Crippen LogP contribution in [0, 0.1) is 10.8 Å². The summed E-state index contributed by atoms with van der Waals surface area (Å²) in [5.74, 6) is -2.18.